The van der Waals surface area contributed by atoms with Crippen molar-refractivity contribution in [2.75, 3.05) is 0 Å². The molecule has 0 aliphatic heterocycles. The van der Waals surface area contributed by atoms with Gasteiger partial charge in [0.15, 0.2) is 0 Å². The fourth-order valence-corrected chi connectivity index (χ4v) is 4.35. The molecule has 7 heteroatoms. The molecular weight excluding hydrogens is 280 g/mol. The lowest BCUT2D eigenvalue weighted by atomic mass is 9.84. The van der Waals surface area contributed by atoms with Crippen molar-refractivity contribution >= 4 is 15.9 Å². The Hall–Kier alpha value is -1.37. The Balaban J connectivity index is 1.59. The lowest BCUT2D eigenvalue weighted by Gasteiger charge is -2.21. The van der Waals surface area contributed by atoms with E-state index >= 15 is 0 Å². The monoisotopic (exact) mass is 298 g/mol. The number of sulfonamides is 1. The molecule has 0 bridgehead atoms. The summed E-state index contributed by atoms with van der Waals surface area (Å²) in [7, 11) is -3.69. The average molecular weight is 298 g/mol. The van der Waals surface area contributed by atoms with Crippen LogP contribution in [0.2, 0.25) is 0 Å². The molecular formula is C13H18N2O4S. The van der Waals surface area contributed by atoms with Crippen molar-refractivity contribution in [3.8, 4) is 0 Å². The molecule has 1 unspecified atom stereocenters. The van der Waals surface area contributed by atoms with Crippen molar-refractivity contribution in [2.45, 2.75) is 44.3 Å². The molecule has 1 amide bonds. The third-order valence-electron chi connectivity index (χ3n) is 4.44. The topological polar surface area (TPSA) is 89.3 Å². The van der Waals surface area contributed by atoms with Gasteiger partial charge in [-0.05, 0) is 24.7 Å². The van der Waals surface area contributed by atoms with Crippen molar-refractivity contribution in [3.05, 3.63) is 18.0 Å². The average Bonchev–Trinajstić information content (AvgIpc) is 2.83. The van der Waals surface area contributed by atoms with Crippen LogP contribution < -0.4 is 4.72 Å². The van der Waals surface area contributed by atoms with E-state index in [4.69, 9.17) is 0 Å². The number of carbonyl (C=O) groups is 1. The normalized spacial score (nSPS) is 24.5. The highest BCUT2D eigenvalue weighted by Crippen LogP contribution is 2.61. The fourth-order valence-electron chi connectivity index (χ4n) is 3.29. The summed E-state index contributed by atoms with van der Waals surface area (Å²) in [6.07, 6.45) is 7.76. The first kappa shape index (κ1) is 13.6. The van der Waals surface area contributed by atoms with Crippen LogP contribution in [0.3, 0.4) is 0 Å². The molecule has 1 atom stereocenters. The second-order valence-electron chi connectivity index (χ2n) is 5.90. The summed E-state index contributed by atoms with van der Waals surface area (Å²) < 4.78 is 30.6. The molecule has 0 radical (unpaired) electrons. The Morgan fingerprint density at radius 3 is 2.80 bits per heavy atom. The van der Waals surface area contributed by atoms with Crippen molar-refractivity contribution in [2.24, 2.45) is 11.3 Å². The SMILES string of the molecule is O=C(NS(=O)(=O)Cc1ccon1)C1CC12CCCCC2. The van der Waals surface area contributed by atoms with Gasteiger partial charge in [-0.1, -0.05) is 24.4 Å². The van der Waals surface area contributed by atoms with E-state index in [1.807, 2.05) is 0 Å². The van der Waals surface area contributed by atoms with Crippen molar-refractivity contribution < 1.29 is 17.7 Å². The Bertz CT molecular complexity index is 588. The number of aromatic nitrogens is 1. The van der Waals surface area contributed by atoms with Gasteiger partial charge in [0.1, 0.15) is 17.7 Å². The minimum absolute atomic E-state index is 0.0890. The number of rotatable bonds is 4. The highest BCUT2D eigenvalue weighted by atomic mass is 32.2. The molecule has 1 N–H and O–H groups in total. The molecule has 1 spiro atoms. The van der Waals surface area contributed by atoms with E-state index in [9.17, 15) is 13.2 Å². The first-order valence-electron chi connectivity index (χ1n) is 6.94. The summed E-state index contributed by atoms with van der Waals surface area (Å²) in [5.74, 6) is -0.806. The van der Waals surface area contributed by atoms with E-state index in [1.54, 1.807) is 0 Å². The number of carbonyl (C=O) groups excluding carboxylic acids is 1. The first-order valence-corrected chi connectivity index (χ1v) is 8.60. The van der Waals surface area contributed by atoms with Crippen LogP contribution in [0.1, 0.15) is 44.2 Å². The van der Waals surface area contributed by atoms with E-state index < -0.39 is 10.0 Å². The minimum atomic E-state index is -3.69. The largest absolute Gasteiger partial charge is 0.364 e. The maximum atomic E-state index is 12.1. The predicted octanol–water partition coefficient (Wildman–Crippen LogP) is 1.59. The van der Waals surface area contributed by atoms with Gasteiger partial charge < -0.3 is 4.52 Å². The summed E-state index contributed by atoms with van der Waals surface area (Å²) in [4.78, 5) is 12.1. The first-order chi connectivity index (χ1) is 9.51. The zero-order valence-corrected chi connectivity index (χ0v) is 12.0. The smallest absolute Gasteiger partial charge is 0.240 e. The summed E-state index contributed by atoms with van der Waals surface area (Å²) in [5.41, 5.74) is 0.389. The van der Waals surface area contributed by atoms with Gasteiger partial charge in [-0.3, -0.25) is 9.52 Å². The zero-order valence-electron chi connectivity index (χ0n) is 11.2. The molecule has 110 valence electrons. The van der Waals surface area contributed by atoms with Gasteiger partial charge in [0.05, 0.1) is 0 Å². The van der Waals surface area contributed by atoms with Crippen molar-refractivity contribution in [3.63, 3.8) is 0 Å². The highest BCUT2D eigenvalue weighted by Gasteiger charge is 2.57. The minimum Gasteiger partial charge on any atom is -0.364 e. The molecule has 3 rings (SSSR count). The highest BCUT2D eigenvalue weighted by molar-refractivity contribution is 7.89. The molecule has 2 aliphatic rings. The summed E-state index contributed by atoms with van der Waals surface area (Å²) in [6, 6.07) is 1.48. The van der Waals surface area contributed by atoms with Crippen LogP contribution in [0.15, 0.2) is 16.9 Å². The van der Waals surface area contributed by atoms with Gasteiger partial charge in [-0.15, -0.1) is 0 Å². The molecule has 20 heavy (non-hydrogen) atoms. The number of nitrogens with one attached hydrogen (secondary N) is 1. The van der Waals surface area contributed by atoms with Crippen LogP contribution in [0, 0.1) is 11.3 Å². The quantitative estimate of drug-likeness (QED) is 0.911. The van der Waals surface area contributed by atoms with E-state index in [0.717, 1.165) is 32.1 Å². The number of amides is 1. The summed E-state index contributed by atoms with van der Waals surface area (Å²) in [5, 5.41) is 3.55. The fraction of sp³-hybridized carbons (Fsp3) is 0.692. The van der Waals surface area contributed by atoms with Crippen LogP contribution in [0.5, 0.6) is 0 Å². The van der Waals surface area contributed by atoms with Crippen molar-refractivity contribution in [1.29, 1.82) is 0 Å². The Morgan fingerprint density at radius 1 is 1.40 bits per heavy atom. The summed E-state index contributed by atoms with van der Waals surface area (Å²) in [6.45, 7) is 0. The molecule has 1 heterocycles. The number of hydrogen-bond donors (Lipinski definition) is 1. The second-order valence-corrected chi connectivity index (χ2v) is 7.62. The van der Waals surface area contributed by atoms with Crippen molar-refractivity contribution in [1.82, 2.24) is 9.88 Å². The predicted molar refractivity (Wildman–Crippen MR) is 70.9 cm³/mol. The third kappa shape index (κ3) is 2.72. The van der Waals surface area contributed by atoms with Gasteiger partial charge in [-0.2, -0.15) is 0 Å². The van der Waals surface area contributed by atoms with Crippen LogP contribution in [0.4, 0.5) is 0 Å². The van der Waals surface area contributed by atoms with Gasteiger partial charge in [0.25, 0.3) is 0 Å². The van der Waals surface area contributed by atoms with Crippen LogP contribution >= 0.6 is 0 Å². The maximum Gasteiger partial charge on any atom is 0.240 e. The van der Waals surface area contributed by atoms with Crippen LogP contribution in [0.25, 0.3) is 0 Å². The number of nitrogens with zero attached hydrogens (tertiary/aromatic N) is 1. The molecule has 0 aromatic carbocycles. The Morgan fingerprint density at radius 2 is 2.15 bits per heavy atom. The van der Waals surface area contributed by atoms with Crippen LogP contribution in [-0.2, 0) is 20.6 Å². The lowest BCUT2D eigenvalue weighted by Crippen LogP contribution is -2.34. The van der Waals surface area contributed by atoms with Crippen LogP contribution in [-0.4, -0.2) is 19.5 Å². The molecule has 2 fully saturated rings. The zero-order chi connectivity index (χ0) is 14.2. The van der Waals surface area contributed by atoms with Gasteiger partial charge in [0.2, 0.25) is 15.9 Å². The third-order valence-corrected chi connectivity index (χ3v) is 5.63. The van der Waals surface area contributed by atoms with E-state index in [0.29, 0.717) is 5.69 Å². The summed E-state index contributed by atoms with van der Waals surface area (Å²) >= 11 is 0. The molecule has 2 aliphatic carbocycles. The molecule has 0 saturated heterocycles. The number of hydrogen-bond acceptors (Lipinski definition) is 5. The van der Waals surface area contributed by atoms with Gasteiger partial charge >= 0.3 is 0 Å². The molecule has 2 saturated carbocycles. The molecule has 6 nitrogen and oxygen atoms in total. The van der Waals surface area contributed by atoms with Gasteiger partial charge in [-0.25, -0.2) is 8.42 Å². The Labute approximate surface area is 118 Å². The standard InChI is InChI=1S/C13H18N2O4S/c16-12(11-8-13(11)5-2-1-3-6-13)15-20(17,18)9-10-4-7-19-14-10/h4,7,11H,1-3,5-6,8-9H2,(H,15,16). The Kier molecular flexibility index (Phi) is 3.32. The second kappa shape index (κ2) is 4.87. The molecule has 1 aromatic heterocycles. The van der Waals surface area contributed by atoms with E-state index in [2.05, 4.69) is 14.4 Å². The van der Waals surface area contributed by atoms with E-state index in [1.165, 1.54) is 18.8 Å². The lowest BCUT2D eigenvalue weighted by molar-refractivity contribution is -0.121. The maximum absolute atomic E-state index is 12.1. The van der Waals surface area contributed by atoms with E-state index in [-0.39, 0.29) is 23.0 Å². The van der Waals surface area contributed by atoms with Gasteiger partial charge in [0, 0.05) is 12.0 Å². The molecule has 1 aromatic rings.